The zero-order chi connectivity index (χ0) is 18.4. The van der Waals surface area contributed by atoms with E-state index in [0.29, 0.717) is 6.42 Å². The van der Waals surface area contributed by atoms with Crippen LogP contribution in [0.3, 0.4) is 0 Å². The van der Waals surface area contributed by atoms with Crippen molar-refractivity contribution in [1.29, 1.82) is 0 Å². The van der Waals surface area contributed by atoms with E-state index in [0.717, 1.165) is 12.8 Å². The summed E-state index contributed by atoms with van der Waals surface area (Å²) in [4.78, 5) is 10.3. The van der Waals surface area contributed by atoms with E-state index in [-0.39, 0.29) is 0 Å². The van der Waals surface area contributed by atoms with Gasteiger partial charge in [-0.1, -0.05) is 121 Å². The van der Waals surface area contributed by atoms with Gasteiger partial charge in [-0.2, -0.15) is 0 Å². The van der Waals surface area contributed by atoms with Crippen LogP contribution >= 0.6 is 0 Å². The van der Waals surface area contributed by atoms with E-state index in [9.17, 15) is 4.79 Å². The highest BCUT2D eigenvalue weighted by Crippen LogP contribution is 2.13. The first-order chi connectivity index (χ1) is 12.3. The van der Waals surface area contributed by atoms with Crippen LogP contribution in [0.2, 0.25) is 0 Å². The molecule has 0 aromatic heterocycles. The number of rotatable bonds is 16. The van der Waals surface area contributed by atoms with Crippen LogP contribution in [-0.4, -0.2) is 11.1 Å². The highest BCUT2D eigenvalue weighted by Gasteiger charge is 1.97. The van der Waals surface area contributed by atoms with Crippen molar-refractivity contribution in [2.45, 2.75) is 110 Å². The lowest BCUT2D eigenvalue weighted by Gasteiger charge is -2.03. The molecule has 1 radical (unpaired) electrons. The zero-order valence-electron chi connectivity index (χ0n) is 16.6. The first kappa shape index (κ1) is 23.9. The molecule has 2 heteroatoms. The van der Waals surface area contributed by atoms with Gasteiger partial charge in [0.2, 0.25) is 0 Å². The van der Waals surface area contributed by atoms with Crippen LogP contribution in [0.25, 0.3) is 0 Å². The number of allylic oxidation sites excluding steroid dienone is 4. The van der Waals surface area contributed by atoms with E-state index in [2.05, 4.69) is 6.92 Å². The molecule has 0 spiro atoms. The third-order valence-corrected chi connectivity index (χ3v) is 4.55. The van der Waals surface area contributed by atoms with Gasteiger partial charge in [-0.15, -0.1) is 0 Å². The Morgan fingerprint density at radius 2 is 0.960 bits per heavy atom. The molecule has 0 aliphatic heterocycles. The van der Waals surface area contributed by atoms with Gasteiger partial charge < -0.3 is 5.11 Å². The molecule has 0 fully saturated rings. The fourth-order valence-electron chi connectivity index (χ4n) is 2.97. The monoisotopic (exact) mass is 349 g/mol. The molecule has 1 aliphatic rings. The maximum Gasteiger partial charge on any atom is 0.303 e. The Bertz CT molecular complexity index is 321. The number of hydrogen-bond acceptors (Lipinski definition) is 1. The summed E-state index contributed by atoms with van der Waals surface area (Å²) in [7, 11) is 0. The fraction of sp³-hybridized carbons (Fsp3) is 0.739. The van der Waals surface area contributed by atoms with Crippen molar-refractivity contribution in [2.75, 3.05) is 0 Å². The van der Waals surface area contributed by atoms with Crippen LogP contribution in [0.4, 0.5) is 0 Å². The standard InChI is InChI=1S/C18H36O2.C5H5/c1-2-3-4-5-6-7-8-9-10-11-12-13-14-15-16-17-18(19)20;1-2-4-5-3-1/h2-17H2,1H3,(H,19,20);1-5H. The van der Waals surface area contributed by atoms with Gasteiger partial charge in [-0.05, 0) is 6.42 Å². The Labute approximate surface area is 156 Å². The number of carboxylic acid groups (broad SMARTS) is 1. The molecule has 0 bridgehead atoms. The van der Waals surface area contributed by atoms with Crippen molar-refractivity contribution < 1.29 is 9.90 Å². The van der Waals surface area contributed by atoms with Crippen LogP contribution in [0.5, 0.6) is 0 Å². The summed E-state index contributed by atoms with van der Waals surface area (Å²) in [6.07, 6.45) is 30.2. The van der Waals surface area contributed by atoms with Crippen LogP contribution in [0, 0.1) is 6.42 Å². The van der Waals surface area contributed by atoms with Gasteiger partial charge in [0.15, 0.2) is 0 Å². The topological polar surface area (TPSA) is 37.3 Å². The van der Waals surface area contributed by atoms with E-state index in [1.807, 2.05) is 30.7 Å². The molecule has 1 N–H and O–H groups in total. The largest absolute Gasteiger partial charge is 0.481 e. The molecule has 0 unspecified atom stereocenters. The van der Waals surface area contributed by atoms with E-state index in [1.54, 1.807) is 0 Å². The predicted molar refractivity (Wildman–Crippen MR) is 110 cm³/mol. The summed E-state index contributed by atoms with van der Waals surface area (Å²) < 4.78 is 0. The van der Waals surface area contributed by atoms with E-state index >= 15 is 0 Å². The molecule has 145 valence electrons. The lowest BCUT2D eigenvalue weighted by Crippen LogP contribution is -1.93. The average Bonchev–Trinajstić information content (AvgIpc) is 3.18. The number of unbranched alkanes of at least 4 members (excludes halogenated alkanes) is 14. The number of aliphatic carboxylic acids is 1. The lowest BCUT2D eigenvalue weighted by molar-refractivity contribution is -0.137. The Kier molecular flexibility index (Phi) is 20.1. The van der Waals surface area contributed by atoms with Crippen LogP contribution in [0.15, 0.2) is 24.3 Å². The Balaban J connectivity index is 0.000000972. The number of carboxylic acids is 1. The van der Waals surface area contributed by atoms with Crippen LogP contribution in [-0.2, 0) is 4.79 Å². The second kappa shape index (κ2) is 21.0. The molecule has 0 aromatic rings. The van der Waals surface area contributed by atoms with Gasteiger partial charge in [-0.25, -0.2) is 0 Å². The van der Waals surface area contributed by atoms with Gasteiger partial charge in [0.1, 0.15) is 0 Å². The molecular formula is C23H41O2. The SMILES string of the molecule is CCCCCCCCCCCCCCCCCC(=O)O.[CH]1C=CC=C1. The van der Waals surface area contributed by atoms with Crippen molar-refractivity contribution in [3.05, 3.63) is 30.7 Å². The van der Waals surface area contributed by atoms with Gasteiger partial charge in [0.05, 0.1) is 0 Å². The summed E-state index contributed by atoms with van der Waals surface area (Å²) in [6.45, 7) is 2.27. The molecule has 0 amide bonds. The third kappa shape index (κ3) is 22.9. The first-order valence-corrected chi connectivity index (χ1v) is 10.7. The second-order valence-corrected chi connectivity index (χ2v) is 7.06. The summed E-state index contributed by atoms with van der Waals surface area (Å²) in [5.41, 5.74) is 0. The minimum absolute atomic E-state index is 0.345. The van der Waals surface area contributed by atoms with Crippen molar-refractivity contribution in [3.8, 4) is 0 Å². The first-order valence-electron chi connectivity index (χ1n) is 10.7. The minimum atomic E-state index is -0.653. The quantitative estimate of drug-likeness (QED) is 0.290. The predicted octanol–water partition coefficient (Wildman–Crippen LogP) is 7.65. The average molecular weight is 350 g/mol. The molecule has 0 saturated carbocycles. The van der Waals surface area contributed by atoms with Crippen molar-refractivity contribution in [2.24, 2.45) is 0 Å². The maximum atomic E-state index is 10.3. The third-order valence-electron chi connectivity index (χ3n) is 4.55. The summed E-state index contributed by atoms with van der Waals surface area (Å²) >= 11 is 0. The van der Waals surface area contributed by atoms with E-state index in [1.165, 1.54) is 83.5 Å². The van der Waals surface area contributed by atoms with Crippen LogP contribution in [0.1, 0.15) is 110 Å². The molecule has 0 aromatic carbocycles. The molecule has 1 rings (SSSR count). The van der Waals surface area contributed by atoms with Gasteiger partial charge in [0.25, 0.3) is 0 Å². The van der Waals surface area contributed by atoms with Gasteiger partial charge >= 0.3 is 5.97 Å². The molecular weight excluding hydrogens is 308 g/mol. The smallest absolute Gasteiger partial charge is 0.303 e. The Morgan fingerprint density at radius 3 is 1.24 bits per heavy atom. The maximum absolute atomic E-state index is 10.3. The van der Waals surface area contributed by atoms with Crippen molar-refractivity contribution in [1.82, 2.24) is 0 Å². The lowest BCUT2D eigenvalue weighted by atomic mass is 10.0. The summed E-state index contributed by atoms with van der Waals surface area (Å²) in [5, 5.41) is 8.52. The molecule has 0 atom stereocenters. The molecule has 0 heterocycles. The molecule has 2 nitrogen and oxygen atoms in total. The Hall–Kier alpha value is -1.05. The zero-order valence-corrected chi connectivity index (χ0v) is 16.6. The summed E-state index contributed by atoms with van der Waals surface area (Å²) in [5.74, 6) is -0.653. The molecule has 1 aliphatic carbocycles. The van der Waals surface area contributed by atoms with Gasteiger partial charge in [0, 0.05) is 12.8 Å². The van der Waals surface area contributed by atoms with Crippen molar-refractivity contribution in [3.63, 3.8) is 0 Å². The van der Waals surface area contributed by atoms with Crippen molar-refractivity contribution >= 4 is 5.97 Å². The normalized spacial score (nSPS) is 12.2. The fourth-order valence-corrected chi connectivity index (χ4v) is 2.97. The minimum Gasteiger partial charge on any atom is -0.481 e. The van der Waals surface area contributed by atoms with E-state index in [4.69, 9.17) is 5.11 Å². The second-order valence-electron chi connectivity index (χ2n) is 7.06. The highest BCUT2D eigenvalue weighted by atomic mass is 16.4. The van der Waals surface area contributed by atoms with Crippen LogP contribution < -0.4 is 0 Å². The molecule has 25 heavy (non-hydrogen) atoms. The number of carbonyl (C=O) groups is 1. The van der Waals surface area contributed by atoms with Gasteiger partial charge in [-0.3, -0.25) is 4.79 Å². The molecule has 0 saturated heterocycles. The number of hydrogen-bond donors (Lipinski definition) is 1. The Morgan fingerprint density at radius 1 is 0.600 bits per heavy atom. The highest BCUT2D eigenvalue weighted by molar-refractivity contribution is 5.66. The summed E-state index contributed by atoms with van der Waals surface area (Å²) in [6, 6.07) is 0. The van der Waals surface area contributed by atoms with E-state index < -0.39 is 5.97 Å².